The van der Waals surface area contributed by atoms with Crippen LogP contribution in [-0.2, 0) is 6.18 Å². The fraction of sp³-hybridized carbons (Fsp3) is 0.235. The molecule has 1 heterocycles. The van der Waals surface area contributed by atoms with Gasteiger partial charge in [-0.1, -0.05) is 17.7 Å². The van der Waals surface area contributed by atoms with E-state index in [1.165, 1.54) is 0 Å². The number of alkyl halides is 3. The molecule has 0 bridgehead atoms. The summed E-state index contributed by atoms with van der Waals surface area (Å²) in [5.41, 5.74) is -1.92. The SMILES string of the molecule is O=C(NCCCOc1ncc(C(F)(F)F)cc1Cl)NC(=O)c1c(F)cccc1F. The molecule has 0 aliphatic rings. The molecular formula is C17H13ClF5N3O3. The number of hydrogen-bond donors (Lipinski definition) is 2. The van der Waals surface area contributed by atoms with Crippen LogP contribution in [0.4, 0.5) is 26.7 Å². The highest BCUT2D eigenvalue weighted by Gasteiger charge is 2.31. The Kier molecular flexibility index (Phi) is 7.32. The van der Waals surface area contributed by atoms with Gasteiger partial charge >= 0.3 is 12.2 Å². The lowest BCUT2D eigenvalue weighted by Gasteiger charge is -2.11. The summed E-state index contributed by atoms with van der Waals surface area (Å²) in [6, 6.07) is 2.48. The molecular weight excluding hydrogens is 425 g/mol. The number of urea groups is 1. The normalized spacial score (nSPS) is 11.1. The van der Waals surface area contributed by atoms with Gasteiger partial charge < -0.3 is 10.1 Å². The number of carbonyl (C=O) groups is 2. The molecule has 0 unspecified atom stereocenters. The van der Waals surface area contributed by atoms with Crippen molar-refractivity contribution < 1.29 is 36.3 Å². The summed E-state index contributed by atoms with van der Waals surface area (Å²) in [7, 11) is 0. The zero-order chi connectivity index (χ0) is 21.6. The van der Waals surface area contributed by atoms with Crippen molar-refractivity contribution in [2.24, 2.45) is 0 Å². The zero-order valence-corrected chi connectivity index (χ0v) is 15.2. The van der Waals surface area contributed by atoms with E-state index < -0.39 is 40.9 Å². The minimum absolute atomic E-state index is 0.0167. The second-order valence-electron chi connectivity index (χ2n) is 5.52. The summed E-state index contributed by atoms with van der Waals surface area (Å²) < 4.78 is 69.6. The maximum absolute atomic E-state index is 13.5. The molecule has 0 saturated heterocycles. The van der Waals surface area contributed by atoms with Crippen LogP contribution >= 0.6 is 11.6 Å². The number of imide groups is 1. The van der Waals surface area contributed by atoms with Crippen LogP contribution in [0.25, 0.3) is 0 Å². The number of carbonyl (C=O) groups excluding carboxylic acids is 2. The largest absolute Gasteiger partial charge is 0.477 e. The van der Waals surface area contributed by atoms with Gasteiger partial charge in [-0.3, -0.25) is 10.1 Å². The van der Waals surface area contributed by atoms with Crippen molar-refractivity contribution in [2.75, 3.05) is 13.2 Å². The Balaban J connectivity index is 1.75. The van der Waals surface area contributed by atoms with Gasteiger partial charge in [0.25, 0.3) is 5.91 Å². The van der Waals surface area contributed by atoms with Gasteiger partial charge in [0, 0.05) is 12.7 Å². The van der Waals surface area contributed by atoms with E-state index in [-0.39, 0.29) is 30.5 Å². The van der Waals surface area contributed by atoms with E-state index >= 15 is 0 Å². The lowest BCUT2D eigenvalue weighted by molar-refractivity contribution is -0.137. The Morgan fingerprint density at radius 3 is 2.41 bits per heavy atom. The van der Waals surface area contributed by atoms with Gasteiger partial charge in [0.1, 0.15) is 22.2 Å². The van der Waals surface area contributed by atoms with Crippen LogP contribution in [0.2, 0.25) is 5.02 Å². The predicted octanol–water partition coefficient (Wildman–Crippen LogP) is 3.94. The summed E-state index contributed by atoms with van der Waals surface area (Å²) >= 11 is 5.67. The standard InChI is InChI=1S/C17H13ClF5N3O3/c18-10-7-9(17(21,22)23)8-25-15(10)29-6-2-5-24-16(28)26-14(27)13-11(19)3-1-4-12(13)20/h1,3-4,7-8H,2,5-6H2,(H2,24,26,27,28). The first-order valence-corrected chi connectivity index (χ1v) is 8.36. The maximum Gasteiger partial charge on any atom is 0.417 e. The molecule has 3 amide bonds. The first-order chi connectivity index (χ1) is 13.6. The molecule has 2 N–H and O–H groups in total. The van der Waals surface area contributed by atoms with Crippen LogP contribution in [0.3, 0.4) is 0 Å². The number of rotatable bonds is 6. The average molecular weight is 438 g/mol. The third-order valence-electron chi connectivity index (χ3n) is 3.40. The van der Waals surface area contributed by atoms with Crippen LogP contribution in [0.1, 0.15) is 22.3 Å². The predicted molar refractivity (Wildman–Crippen MR) is 91.6 cm³/mol. The lowest BCUT2D eigenvalue weighted by atomic mass is 10.2. The molecule has 29 heavy (non-hydrogen) atoms. The van der Waals surface area contributed by atoms with Crippen molar-refractivity contribution in [3.05, 3.63) is 58.2 Å². The quantitative estimate of drug-likeness (QED) is 0.530. The van der Waals surface area contributed by atoms with E-state index in [9.17, 15) is 31.5 Å². The van der Waals surface area contributed by atoms with Crippen molar-refractivity contribution in [3.8, 4) is 5.88 Å². The minimum Gasteiger partial charge on any atom is -0.477 e. The Morgan fingerprint density at radius 1 is 1.17 bits per heavy atom. The zero-order valence-electron chi connectivity index (χ0n) is 14.4. The summed E-state index contributed by atoms with van der Waals surface area (Å²) in [5.74, 6) is -3.71. The van der Waals surface area contributed by atoms with E-state index in [1.807, 2.05) is 0 Å². The second-order valence-corrected chi connectivity index (χ2v) is 5.92. The van der Waals surface area contributed by atoms with Crippen LogP contribution in [-0.4, -0.2) is 30.1 Å². The maximum atomic E-state index is 13.5. The van der Waals surface area contributed by atoms with E-state index in [2.05, 4.69) is 10.3 Å². The third-order valence-corrected chi connectivity index (χ3v) is 3.67. The molecule has 0 atom stereocenters. The summed E-state index contributed by atoms with van der Waals surface area (Å²) in [6.45, 7) is -0.0780. The number of halogens is 6. The number of amides is 3. The highest BCUT2D eigenvalue weighted by Crippen LogP contribution is 2.33. The van der Waals surface area contributed by atoms with Gasteiger partial charge in [0.2, 0.25) is 5.88 Å². The molecule has 2 rings (SSSR count). The Hall–Kier alpha value is -2.95. The van der Waals surface area contributed by atoms with Gasteiger partial charge in [-0.2, -0.15) is 13.2 Å². The number of nitrogens with zero attached hydrogens (tertiary/aromatic N) is 1. The first-order valence-electron chi connectivity index (χ1n) is 7.98. The van der Waals surface area contributed by atoms with E-state index in [0.717, 1.165) is 18.2 Å². The van der Waals surface area contributed by atoms with E-state index in [1.54, 1.807) is 5.32 Å². The average Bonchev–Trinajstić information content (AvgIpc) is 2.61. The number of benzene rings is 1. The topological polar surface area (TPSA) is 80.3 Å². The van der Waals surface area contributed by atoms with Gasteiger partial charge in [-0.15, -0.1) is 0 Å². The van der Waals surface area contributed by atoms with Crippen LogP contribution < -0.4 is 15.4 Å². The smallest absolute Gasteiger partial charge is 0.417 e. The van der Waals surface area contributed by atoms with Gasteiger partial charge in [-0.05, 0) is 24.6 Å². The van der Waals surface area contributed by atoms with Gasteiger partial charge in [-0.25, -0.2) is 18.6 Å². The molecule has 0 aliphatic heterocycles. The lowest BCUT2D eigenvalue weighted by Crippen LogP contribution is -2.40. The van der Waals surface area contributed by atoms with Crippen LogP contribution in [0.5, 0.6) is 5.88 Å². The van der Waals surface area contributed by atoms with E-state index in [4.69, 9.17) is 16.3 Å². The number of aromatic nitrogens is 1. The minimum atomic E-state index is -4.59. The third kappa shape index (κ3) is 6.28. The molecule has 0 radical (unpaired) electrons. The van der Waals surface area contributed by atoms with Gasteiger partial charge in [0.15, 0.2) is 0 Å². The Bertz CT molecular complexity index is 888. The van der Waals surface area contributed by atoms with Crippen molar-refractivity contribution in [1.82, 2.24) is 15.6 Å². The molecule has 2 aromatic rings. The molecule has 12 heteroatoms. The fourth-order valence-electron chi connectivity index (χ4n) is 2.05. The summed E-state index contributed by atoms with van der Waals surface area (Å²) in [6.07, 6.45) is -3.84. The van der Waals surface area contributed by atoms with Crippen molar-refractivity contribution in [3.63, 3.8) is 0 Å². The highest BCUT2D eigenvalue weighted by molar-refractivity contribution is 6.31. The first kappa shape index (κ1) is 22.3. The highest BCUT2D eigenvalue weighted by atomic mass is 35.5. The number of ether oxygens (including phenoxy) is 1. The molecule has 0 saturated carbocycles. The molecule has 1 aromatic heterocycles. The Labute approximate surface area is 166 Å². The van der Waals surface area contributed by atoms with E-state index in [0.29, 0.717) is 12.3 Å². The molecule has 0 spiro atoms. The molecule has 156 valence electrons. The molecule has 6 nitrogen and oxygen atoms in total. The molecule has 1 aromatic carbocycles. The van der Waals surface area contributed by atoms with Gasteiger partial charge in [0.05, 0.1) is 12.2 Å². The molecule has 0 fully saturated rings. The number of hydrogen-bond acceptors (Lipinski definition) is 4. The molecule has 0 aliphatic carbocycles. The Morgan fingerprint density at radius 2 is 1.83 bits per heavy atom. The number of pyridine rings is 1. The van der Waals surface area contributed by atoms with Crippen LogP contribution in [0, 0.1) is 11.6 Å². The van der Waals surface area contributed by atoms with Crippen LogP contribution in [0.15, 0.2) is 30.5 Å². The van der Waals surface area contributed by atoms with Crippen molar-refractivity contribution in [1.29, 1.82) is 0 Å². The summed E-state index contributed by atoms with van der Waals surface area (Å²) in [5, 5.41) is 3.69. The fourth-order valence-corrected chi connectivity index (χ4v) is 2.27. The monoisotopic (exact) mass is 437 g/mol. The summed E-state index contributed by atoms with van der Waals surface area (Å²) in [4.78, 5) is 26.8. The van der Waals surface area contributed by atoms with Crippen molar-refractivity contribution >= 4 is 23.5 Å². The van der Waals surface area contributed by atoms with Crippen molar-refractivity contribution in [2.45, 2.75) is 12.6 Å². The number of nitrogens with one attached hydrogen (secondary N) is 2. The second kappa shape index (κ2) is 9.50.